The summed E-state index contributed by atoms with van der Waals surface area (Å²) in [5.41, 5.74) is 0. The summed E-state index contributed by atoms with van der Waals surface area (Å²) in [4.78, 5) is 0. The second kappa shape index (κ2) is 3.99. The SMILES string of the molecule is Oc1ccc(O)cc1.[Ca]. The van der Waals surface area contributed by atoms with Crippen LogP contribution in [0.3, 0.4) is 0 Å². The average Bonchev–Trinajstić information content (AvgIpc) is 1.77. The summed E-state index contributed by atoms with van der Waals surface area (Å²) in [6, 6.07) is 5.70. The number of rotatable bonds is 0. The first kappa shape index (κ1) is 9.08. The largest absolute Gasteiger partial charge is 0.508 e. The zero-order valence-corrected chi connectivity index (χ0v) is 7.12. The number of phenolic OH excluding ortho intramolecular Hbond substituents is 2. The fraction of sp³-hybridized carbons (Fsp3) is 0. The van der Waals surface area contributed by atoms with Crippen LogP contribution in [0.5, 0.6) is 11.5 Å². The third-order valence-electron chi connectivity index (χ3n) is 0.850. The van der Waals surface area contributed by atoms with Gasteiger partial charge in [0.1, 0.15) is 11.5 Å². The Morgan fingerprint density at radius 3 is 1.22 bits per heavy atom. The van der Waals surface area contributed by atoms with Crippen molar-refractivity contribution in [2.75, 3.05) is 0 Å². The van der Waals surface area contributed by atoms with Gasteiger partial charge in [0.15, 0.2) is 0 Å². The second-order valence-electron chi connectivity index (χ2n) is 1.52. The Bertz CT molecular complexity index is 150. The Morgan fingerprint density at radius 1 is 0.778 bits per heavy atom. The van der Waals surface area contributed by atoms with E-state index in [9.17, 15) is 0 Å². The molecule has 0 aliphatic heterocycles. The van der Waals surface area contributed by atoms with Crippen molar-refractivity contribution in [2.24, 2.45) is 0 Å². The summed E-state index contributed by atoms with van der Waals surface area (Å²) in [6.45, 7) is 0. The van der Waals surface area contributed by atoms with Gasteiger partial charge in [-0.25, -0.2) is 0 Å². The van der Waals surface area contributed by atoms with Crippen molar-refractivity contribution >= 4 is 37.7 Å². The molecule has 44 valence electrons. The van der Waals surface area contributed by atoms with Gasteiger partial charge >= 0.3 is 0 Å². The number of hydrogen-bond donors (Lipinski definition) is 2. The van der Waals surface area contributed by atoms with Crippen molar-refractivity contribution < 1.29 is 10.2 Å². The van der Waals surface area contributed by atoms with Gasteiger partial charge in [0.05, 0.1) is 0 Å². The number of aromatic hydroxyl groups is 2. The van der Waals surface area contributed by atoms with Gasteiger partial charge in [0.25, 0.3) is 0 Å². The van der Waals surface area contributed by atoms with E-state index >= 15 is 0 Å². The molecule has 2 radical (unpaired) electrons. The van der Waals surface area contributed by atoms with Crippen molar-refractivity contribution in [1.29, 1.82) is 0 Å². The minimum atomic E-state index is 0. The molecule has 0 spiro atoms. The minimum absolute atomic E-state index is 0. The Hall–Kier alpha value is 0.0797. The number of hydrogen-bond acceptors (Lipinski definition) is 2. The molecule has 0 aliphatic rings. The van der Waals surface area contributed by atoms with Crippen LogP contribution in [0.2, 0.25) is 0 Å². The Morgan fingerprint density at radius 2 is 1.00 bits per heavy atom. The van der Waals surface area contributed by atoms with E-state index in [2.05, 4.69) is 0 Å². The minimum Gasteiger partial charge on any atom is -0.508 e. The quantitative estimate of drug-likeness (QED) is 0.422. The van der Waals surface area contributed by atoms with Crippen molar-refractivity contribution in [2.45, 2.75) is 0 Å². The van der Waals surface area contributed by atoms with Crippen LogP contribution in [0, 0.1) is 0 Å². The van der Waals surface area contributed by atoms with E-state index in [0.29, 0.717) is 0 Å². The Labute approximate surface area is 83.1 Å². The van der Waals surface area contributed by atoms with Crippen molar-refractivity contribution in [3.05, 3.63) is 24.3 Å². The third-order valence-corrected chi connectivity index (χ3v) is 0.850. The van der Waals surface area contributed by atoms with Crippen LogP contribution in [-0.2, 0) is 0 Å². The van der Waals surface area contributed by atoms with Gasteiger partial charge in [-0.3, -0.25) is 0 Å². The van der Waals surface area contributed by atoms with Crippen molar-refractivity contribution in [3.63, 3.8) is 0 Å². The summed E-state index contributed by atoms with van der Waals surface area (Å²) in [5.74, 6) is 0.339. The molecular weight excluding hydrogens is 144 g/mol. The normalized spacial score (nSPS) is 8.00. The van der Waals surface area contributed by atoms with E-state index in [1.165, 1.54) is 24.3 Å². The van der Waals surface area contributed by atoms with E-state index in [4.69, 9.17) is 10.2 Å². The van der Waals surface area contributed by atoms with Crippen LogP contribution in [0.25, 0.3) is 0 Å². The molecule has 0 saturated heterocycles. The first-order valence-electron chi connectivity index (χ1n) is 2.27. The van der Waals surface area contributed by atoms with Gasteiger partial charge < -0.3 is 10.2 Å². The maximum Gasteiger partial charge on any atom is 0.115 e. The molecule has 9 heavy (non-hydrogen) atoms. The molecule has 0 fully saturated rings. The molecule has 0 amide bonds. The molecule has 0 bridgehead atoms. The average molecular weight is 150 g/mol. The Kier molecular flexibility index (Phi) is 4.02. The van der Waals surface area contributed by atoms with Gasteiger partial charge in [-0.15, -0.1) is 0 Å². The summed E-state index contributed by atoms with van der Waals surface area (Å²) in [5, 5.41) is 17.3. The predicted octanol–water partition coefficient (Wildman–Crippen LogP) is 0.717. The van der Waals surface area contributed by atoms with E-state index < -0.39 is 0 Å². The number of phenols is 2. The molecule has 0 aromatic heterocycles. The third kappa shape index (κ3) is 2.94. The van der Waals surface area contributed by atoms with Crippen molar-refractivity contribution in [3.8, 4) is 11.5 Å². The van der Waals surface area contributed by atoms with Gasteiger partial charge in [0.2, 0.25) is 0 Å². The van der Waals surface area contributed by atoms with Crippen LogP contribution >= 0.6 is 0 Å². The smallest absolute Gasteiger partial charge is 0.115 e. The topological polar surface area (TPSA) is 40.5 Å². The van der Waals surface area contributed by atoms with Gasteiger partial charge in [-0.1, -0.05) is 0 Å². The summed E-state index contributed by atoms with van der Waals surface area (Å²) >= 11 is 0. The molecule has 0 unspecified atom stereocenters. The van der Waals surface area contributed by atoms with Crippen molar-refractivity contribution in [1.82, 2.24) is 0 Å². The summed E-state index contributed by atoms with van der Waals surface area (Å²) in [7, 11) is 0. The summed E-state index contributed by atoms with van der Waals surface area (Å²) < 4.78 is 0. The van der Waals surface area contributed by atoms with E-state index in [0.717, 1.165) is 0 Å². The maximum absolute atomic E-state index is 8.65. The van der Waals surface area contributed by atoms with Gasteiger partial charge in [-0.05, 0) is 24.3 Å². The van der Waals surface area contributed by atoms with E-state index in [1.807, 2.05) is 0 Å². The zero-order valence-electron chi connectivity index (χ0n) is 4.91. The Balaban J connectivity index is 0.000000640. The molecule has 1 aromatic carbocycles. The van der Waals surface area contributed by atoms with Crippen LogP contribution < -0.4 is 0 Å². The van der Waals surface area contributed by atoms with Crippen LogP contribution in [0.15, 0.2) is 24.3 Å². The van der Waals surface area contributed by atoms with Gasteiger partial charge in [0, 0.05) is 37.7 Å². The molecule has 3 heteroatoms. The fourth-order valence-corrected chi connectivity index (χ4v) is 0.453. The standard InChI is InChI=1S/C6H6O2.Ca/c7-5-1-2-6(8)4-3-5;/h1-4,7-8H;. The molecular formula is C6H6CaO2. The van der Waals surface area contributed by atoms with E-state index in [-0.39, 0.29) is 49.2 Å². The molecule has 2 nitrogen and oxygen atoms in total. The first-order chi connectivity index (χ1) is 3.79. The molecule has 0 aliphatic carbocycles. The molecule has 0 saturated carbocycles. The molecule has 2 N–H and O–H groups in total. The number of benzene rings is 1. The molecule has 0 atom stereocenters. The van der Waals surface area contributed by atoms with Gasteiger partial charge in [-0.2, -0.15) is 0 Å². The van der Waals surface area contributed by atoms with Crippen LogP contribution in [-0.4, -0.2) is 48.0 Å². The zero-order chi connectivity index (χ0) is 5.98. The van der Waals surface area contributed by atoms with E-state index in [1.54, 1.807) is 0 Å². The monoisotopic (exact) mass is 150 g/mol. The molecule has 1 aromatic rings. The maximum atomic E-state index is 8.65. The fourth-order valence-electron chi connectivity index (χ4n) is 0.453. The first-order valence-corrected chi connectivity index (χ1v) is 2.27. The molecule has 0 heterocycles. The van der Waals surface area contributed by atoms with Crippen LogP contribution in [0.4, 0.5) is 0 Å². The van der Waals surface area contributed by atoms with Crippen LogP contribution in [0.1, 0.15) is 0 Å². The summed E-state index contributed by atoms with van der Waals surface area (Å²) in [6.07, 6.45) is 0. The second-order valence-corrected chi connectivity index (χ2v) is 1.52. The molecule has 1 rings (SSSR count). The predicted molar refractivity (Wildman–Crippen MR) is 35.5 cm³/mol.